The van der Waals surface area contributed by atoms with E-state index in [0.29, 0.717) is 29.7 Å². The molecular weight excluding hydrogens is 428 g/mol. The molecule has 0 unspecified atom stereocenters. The maximum atomic E-state index is 13.7. The summed E-state index contributed by atoms with van der Waals surface area (Å²) >= 11 is 0. The van der Waals surface area contributed by atoms with Crippen LogP contribution < -0.4 is 10.2 Å². The van der Waals surface area contributed by atoms with E-state index in [1.165, 1.54) is 0 Å². The van der Waals surface area contributed by atoms with Gasteiger partial charge < -0.3 is 19.0 Å². The van der Waals surface area contributed by atoms with Crippen LogP contribution in [0.15, 0.2) is 51.7 Å². The molecule has 0 N–H and O–H groups in total. The number of rotatable bonds is 10. The Labute approximate surface area is 201 Å². The molecule has 4 rings (SSSR count). The minimum atomic E-state index is -0.472. The Morgan fingerprint density at radius 2 is 1.76 bits per heavy atom. The van der Waals surface area contributed by atoms with E-state index in [1.54, 1.807) is 11.0 Å². The van der Waals surface area contributed by atoms with Gasteiger partial charge in [-0.15, -0.1) is 0 Å². The van der Waals surface area contributed by atoms with Crippen molar-refractivity contribution in [1.82, 2.24) is 9.80 Å². The lowest BCUT2D eigenvalue weighted by Crippen LogP contribution is -2.33. The zero-order valence-electron chi connectivity index (χ0n) is 20.6. The van der Waals surface area contributed by atoms with Crippen molar-refractivity contribution in [2.24, 2.45) is 0 Å². The third-order valence-electron chi connectivity index (χ3n) is 6.56. The maximum Gasteiger partial charge on any atom is 0.290 e. The van der Waals surface area contributed by atoms with Crippen LogP contribution in [0.5, 0.6) is 5.75 Å². The van der Waals surface area contributed by atoms with Crippen molar-refractivity contribution in [1.29, 1.82) is 0 Å². The first kappa shape index (κ1) is 24.0. The predicted molar refractivity (Wildman–Crippen MR) is 135 cm³/mol. The summed E-state index contributed by atoms with van der Waals surface area (Å²) < 4.78 is 11.8. The van der Waals surface area contributed by atoms with E-state index in [-0.39, 0.29) is 17.1 Å². The van der Waals surface area contributed by atoms with Gasteiger partial charge in [0.2, 0.25) is 5.76 Å². The zero-order valence-corrected chi connectivity index (χ0v) is 20.6. The Morgan fingerprint density at radius 1 is 1.03 bits per heavy atom. The lowest BCUT2D eigenvalue weighted by atomic mass is 9.98. The number of nitrogens with zero attached hydrogens (tertiary/aromatic N) is 2. The molecule has 0 aliphatic carbocycles. The molecule has 1 aliphatic heterocycles. The summed E-state index contributed by atoms with van der Waals surface area (Å²) in [5.74, 6) is 0.732. The lowest BCUT2D eigenvalue weighted by Gasteiger charge is -2.26. The summed E-state index contributed by atoms with van der Waals surface area (Å²) in [6.07, 6.45) is 1.75. The van der Waals surface area contributed by atoms with E-state index in [2.05, 4.69) is 25.7 Å². The van der Waals surface area contributed by atoms with Crippen molar-refractivity contribution in [3.05, 3.63) is 75.1 Å². The van der Waals surface area contributed by atoms with Gasteiger partial charge in [0.1, 0.15) is 11.3 Å². The fourth-order valence-corrected chi connectivity index (χ4v) is 4.68. The van der Waals surface area contributed by atoms with E-state index < -0.39 is 6.04 Å². The molecule has 0 bridgehead atoms. The molecule has 0 fully saturated rings. The van der Waals surface area contributed by atoms with E-state index in [9.17, 15) is 9.59 Å². The highest BCUT2D eigenvalue weighted by atomic mass is 16.5. The van der Waals surface area contributed by atoms with Crippen LogP contribution in [0.25, 0.3) is 11.0 Å². The molecular formula is C28H34N2O4. The first-order valence-electron chi connectivity index (χ1n) is 12.3. The van der Waals surface area contributed by atoms with Crippen LogP contribution in [0.3, 0.4) is 0 Å². The van der Waals surface area contributed by atoms with Crippen molar-refractivity contribution >= 4 is 16.9 Å². The molecule has 0 saturated heterocycles. The first-order chi connectivity index (χ1) is 16.5. The average molecular weight is 463 g/mol. The monoisotopic (exact) mass is 462 g/mol. The molecule has 1 aliphatic rings. The number of aryl methyl sites for hydroxylation is 1. The van der Waals surface area contributed by atoms with Crippen molar-refractivity contribution in [2.45, 2.75) is 46.6 Å². The van der Waals surface area contributed by atoms with Crippen LogP contribution >= 0.6 is 0 Å². The molecule has 0 spiro atoms. The normalized spacial score (nSPS) is 15.4. The topological polar surface area (TPSA) is 63.0 Å². The van der Waals surface area contributed by atoms with E-state index in [1.807, 2.05) is 43.3 Å². The second-order valence-corrected chi connectivity index (χ2v) is 8.87. The van der Waals surface area contributed by atoms with Gasteiger partial charge in [-0.05, 0) is 69.2 Å². The Bertz CT molecular complexity index is 1210. The van der Waals surface area contributed by atoms with Crippen LogP contribution in [0.2, 0.25) is 0 Å². The SMILES string of the molecule is CCCOc1ccc([C@H]2c3c(oc4ccc(C)cc4c3=O)C(=O)N2CCCN(CC)CC)cc1. The third kappa shape index (κ3) is 4.60. The molecule has 2 aromatic carbocycles. The molecule has 0 radical (unpaired) electrons. The summed E-state index contributed by atoms with van der Waals surface area (Å²) in [5, 5.41) is 0.518. The molecule has 6 nitrogen and oxygen atoms in total. The standard InChI is InChI=1S/C28H34N2O4/c1-5-17-33-21-12-10-20(11-13-21)25-24-26(31)22-18-19(4)9-14-23(22)34-27(24)28(32)30(25)16-8-15-29(6-2)7-3/h9-14,18,25H,5-8,15-17H2,1-4H3/t25-/m0/s1. The van der Waals surface area contributed by atoms with Crippen molar-refractivity contribution < 1.29 is 13.9 Å². The third-order valence-corrected chi connectivity index (χ3v) is 6.56. The van der Waals surface area contributed by atoms with E-state index >= 15 is 0 Å². The van der Waals surface area contributed by atoms with Gasteiger partial charge in [0.15, 0.2) is 5.43 Å². The Kier molecular flexibility index (Phi) is 7.37. The number of carbonyl (C=O) groups excluding carboxylic acids is 1. The largest absolute Gasteiger partial charge is 0.494 e. The van der Waals surface area contributed by atoms with Gasteiger partial charge in [-0.25, -0.2) is 0 Å². The van der Waals surface area contributed by atoms with Crippen LogP contribution in [0, 0.1) is 6.92 Å². The molecule has 0 saturated carbocycles. The molecule has 2 heterocycles. The van der Waals surface area contributed by atoms with Crippen LogP contribution in [0.4, 0.5) is 0 Å². The smallest absolute Gasteiger partial charge is 0.290 e. The van der Waals surface area contributed by atoms with Crippen LogP contribution in [-0.2, 0) is 0 Å². The van der Waals surface area contributed by atoms with Gasteiger partial charge >= 0.3 is 0 Å². The number of hydrogen-bond acceptors (Lipinski definition) is 5. The van der Waals surface area contributed by atoms with E-state index in [0.717, 1.165) is 49.4 Å². The highest BCUT2D eigenvalue weighted by Crippen LogP contribution is 2.38. The molecule has 34 heavy (non-hydrogen) atoms. The molecule has 1 atom stereocenters. The summed E-state index contributed by atoms with van der Waals surface area (Å²) in [5.41, 5.74) is 2.63. The highest BCUT2D eigenvalue weighted by molar-refractivity contribution is 5.99. The summed E-state index contributed by atoms with van der Waals surface area (Å²) in [6.45, 7) is 12.3. The van der Waals surface area contributed by atoms with Gasteiger partial charge in [-0.3, -0.25) is 9.59 Å². The summed E-state index contributed by atoms with van der Waals surface area (Å²) in [4.78, 5) is 31.3. The van der Waals surface area contributed by atoms with Gasteiger partial charge in [0.05, 0.1) is 23.6 Å². The van der Waals surface area contributed by atoms with Crippen LogP contribution in [-0.4, -0.2) is 48.5 Å². The van der Waals surface area contributed by atoms with Gasteiger partial charge in [-0.2, -0.15) is 0 Å². The highest BCUT2D eigenvalue weighted by Gasteiger charge is 2.42. The number of hydrogen-bond donors (Lipinski definition) is 0. The number of carbonyl (C=O) groups is 1. The number of amides is 1. The fourth-order valence-electron chi connectivity index (χ4n) is 4.68. The maximum absolute atomic E-state index is 13.7. The van der Waals surface area contributed by atoms with Crippen molar-refractivity contribution in [3.8, 4) is 5.75 Å². The number of fused-ring (bicyclic) bond motifs is 2. The molecule has 1 amide bonds. The summed E-state index contributed by atoms with van der Waals surface area (Å²) in [6, 6.07) is 12.8. The molecule has 3 aromatic rings. The fraction of sp³-hybridized carbons (Fsp3) is 0.429. The van der Waals surface area contributed by atoms with E-state index in [4.69, 9.17) is 9.15 Å². The van der Waals surface area contributed by atoms with Crippen LogP contribution in [0.1, 0.15) is 66.9 Å². The van der Waals surface area contributed by atoms with Gasteiger partial charge in [0.25, 0.3) is 5.91 Å². The molecule has 6 heteroatoms. The zero-order chi connectivity index (χ0) is 24.2. The predicted octanol–water partition coefficient (Wildman–Crippen LogP) is 5.17. The second kappa shape index (κ2) is 10.4. The Morgan fingerprint density at radius 3 is 2.44 bits per heavy atom. The summed E-state index contributed by atoms with van der Waals surface area (Å²) in [7, 11) is 0. The number of ether oxygens (including phenoxy) is 1. The van der Waals surface area contributed by atoms with Gasteiger partial charge in [-0.1, -0.05) is 44.5 Å². The quantitative estimate of drug-likeness (QED) is 0.416. The minimum Gasteiger partial charge on any atom is -0.494 e. The Hall–Kier alpha value is -3.12. The molecule has 1 aromatic heterocycles. The van der Waals surface area contributed by atoms with Crippen molar-refractivity contribution in [2.75, 3.05) is 32.8 Å². The lowest BCUT2D eigenvalue weighted by molar-refractivity contribution is 0.0720. The average Bonchev–Trinajstić information content (AvgIpc) is 3.13. The minimum absolute atomic E-state index is 0.129. The van der Waals surface area contributed by atoms with Gasteiger partial charge in [0, 0.05) is 6.54 Å². The van der Waals surface area contributed by atoms with Crippen molar-refractivity contribution in [3.63, 3.8) is 0 Å². The number of benzene rings is 2. The molecule has 180 valence electrons. The second-order valence-electron chi connectivity index (χ2n) is 8.87. The first-order valence-corrected chi connectivity index (χ1v) is 12.3. The Balaban J connectivity index is 1.75.